The van der Waals surface area contributed by atoms with Crippen LogP contribution in [0.3, 0.4) is 0 Å². The van der Waals surface area contributed by atoms with Crippen LogP contribution in [0.4, 0.5) is 0 Å². The first-order valence-corrected chi connectivity index (χ1v) is 7.34. The van der Waals surface area contributed by atoms with Crippen molar-refractivity contribution in [2.75, 3.05) is 19.7 Å². The maximum Gasteiger partial charge on any atom is 0.239 e. The average molecular weight is 268 g/mol. The van der Waals surface area contributed by atoms with Gasteiger partial charge in [-0.1, -0.05) is 13.3 Å². The molecule has 100 valence electrons. The van der Waals surface area contributed by atoms with Crippen molar-refractivity contribution in [3.8, 4) is 0 Å². The molecule has 1 aromatic rings. The van der Waals surface area contributed by atoms with E-state index in [0.29, 0.717) is 19.7 Å². The molecule has 1 amide bonds. The van der Waals surface area contributed by atoms with Crippen molar-refractivity contribution in [3.63, 3.8) is 0 Å². The number of nitrogens with two attached hydrogens (primary N) is 1. The van der Waals surface area contributed by atoms with Crippen LogP contribution in [-0.2, 0) is 9.53 Å². The molecule has 1 aliphatic rings. The standard InChI is InChI=1S/C13H20N2O2S/c1-2-3-11(14)13(16)15-5-6-17-12(8-15)10-4-7-18-9-10/h4,7,9,11-12H,2-3,5-6,8,14H2,1H3. The van der Waals surface area contributed by atoms with Crippen molar-refractivity contribution < 1.29 is 9.53 Å². The van der Waals surface area contributed by atoms with Gasteiger partial charge in [-0.05, 0) is 28.8 Å². The van der Waals surface area contributed by atoms with Crippen molar-refractivity contribution in [3.05, 3.63) is 22.4 Å². The number of carbonyl (C=O) groups excluding carboxylic acids is 1. The van der Waals surface area contributed by atoms with Crippen LogP contribution in [-0.4, -0.2) is 36.5 Å². The van der Waals surface area contributed by atoms with E-state index in [9.17, 15) is 4.79 Å². The number of morpholine rings is 1. The monoisotopic (exact) mass is 268 g/mol. The van der Waals surface area contributed by atoms with Gasteiger partial charge in [-0.25, -0.2) is 0 Å². The highest BCUT2D eigenvalue weighted by atomic mass is 32.1. The van der Waals surface area contributed by atoms with E-state index in [0.717, 1.165) is 18.4 Å². The fourth-order valence-electron chi connectivity index (χ4n) is 2.18. The summed E-state index contributed by atoms with van der Waals surface area (Å²) < 4.78 is 5.71. The minimum atomic E-state index is -0.365. The number of rotatable bonds is 4. The largest absolute Gasteiger partial charge is 0.370 e. The van der Waals surface area contributed by atoms with Crippen LogP contribution in [0.25, 0.3) is 0 Å². The number of amides is 1. The van der Waals surface area contributed by atoms with Gasteiger partial charge in [0.15, 0.2) is 0 Å². The van der Waals surface area contributed by atoms with Gasteiger partial charge in [0.05, 0.1) is 19.2 Å². The quantitative estimate of drug-likeness (QED) is 0.905. The number of hydrogen-bond acceptors (Lipinski definition) is 4. The lowest BCUT2D eigenvalue weighted by atomic mass is 10.1. The Kier molecular flexibility index (Phi) is 4.74. The summed E-state index contributed by atoms with van der Waals surface area (Å²) in [5.41, 5.74) is 7.05. The van der Waals surface area contributed by atoms with Gasteiger partial charge in [-0.3, -0.25) is 4.79 Å². The summed E-state index contributed by atoms with van der Waals surface area (Å²) in [5.74, 6) is 0.0559. The summed E-state index contributed by atoms with van der Waals surface area (Å²) in [4.78, 5) is 14.0. The Morgan fingerprint density at radius 2 is 2.56 bits per heavy atom. The van der Waals surface area contributed by atoms with Crippen LogP contribution in [0.15, 0.2) is 16.8 Å². The molecule has 2 heterocycles. The molecule has 0 saturated carbocycles. The highest BCUT2D eigenvalue weighted by Gasteiger charge is 2.28. The van der Waals surface area contributed by atoms with E-state index in [1.807, 2.05) is 17.2 Å². The molecular formula is C13H20N2O2S. The third kappa shape index (κ3) is 3.10. The Hall–Kier alpha value is -0.910. The number of thiophene rings is 1. The van der Waals surface area contributed by atoms with Crippen molar-refractivity contribution in [2.24, 2.45) is 5.73 Å². The SMILES string of the molecule is CCCC(N)C(=O)N1CCOC(c2ccsc2)C1. The lowest BCUT2D eigenvalue weighted by Crippen LogP contribution is -2.49. The number of nitrogens with zero attached hydrogens (tertiary/aromatic N) is 1. The maximum absolute atomic E-state index is 12.2. The molecule has 5 heteroatoms. The molecule has 0 spiro atoms. The number of carbonyl (C=O) groups is 1. The van der Waals surface area contributed by atoms with E-state index in [-0.39, 0.29) is 18.1 Å². The van der Waals surface area contributed by atoms with Crippen molar-refractivity contribution in [1.29, 1.82) is 0 Å². The van der Waals surface area contributed by atoms with Gasteiger partial charge in [0, 0.05) is 6.54 Å². The second-order valence-electron chi connectivity index (χ2n) is 4.60. The first kappa shape index (κ1) is 13.5. The summed E-state index contributed by atoms with van der Waals surface area (Å²) in [5, 5.41) is 4.10. The summed E-state index contributed by atoms with van der Waals surface area (Å²) in [7, 11) is 0. The van der Waals surface area contributed by atoms with Crippen LogP contribution >= 0.6 is 11.3 Å². The fourth-order valence-corrected chi connectivity index (χ4v) is 2.88. The van der Waals surface area contributed by atoms with Crippen molar-refractivity contribution in [1.82, 2.24) is 4.90 Å². The smallest absolute Gasteiger partial charge is 0.239 e. The molecule has 18 heavy (non-hydrogen) atoms. The van der Waals surface area contributed by atoms with Crippen LogP contribution in [0.2, 0.25) is 0 Å². The number of hydrogen-bond donors (Lipinski definition) is 1. The van der Waals surface area contributed by atoms with Crippen molar-refractivity contribution in [2.45, 2.75) is 31.9 Å². The zero-order chi connectivity index (χ0) is 13.0. The van der Waals surface area contributed by atoms with Crippen molar-refractivity contribution >= 4 is 17.2 Å². The summed E-state index contributed by atoms with van der Waals surface area (Å²) in [6, 6.07) is 1.69. The van der Waals surface area contributed by atoms with E-state index in [2.05, 4.69) is 11.4 Å². The molecule has 0 radical (unpaired) electrons. The van der Waals surface area contributed by atoms with Crippen LogP contribution < -0.4 is 5.73 Å². The van der Waals surface area contributed by atoms with Gasteiger partial charge in [-0.15, -0.1) is 0 Å². The molecule has 2 N–H and O–H groups in total. The molecule has 1 aromatic heterocycles. The second kappa shape index (κ2) is 6.31. The first-order chi connectivity index (χ1) is 8.72. The van der Waals surface area contributed by atoms with Crippen LogP contribution in [0.1, 0.15) is 31.4 Å². The van der Waals surface area contributed by atoms with Gasteiger partial charge >= 0.3 is 0 Å². The Morgan fingerprint density at radius 1 is 1.72 bits per heavy atom. The lowest BCUT2D eigenvalue weighted by molar-refractivity contribution is -0.140. The van der Waals surface area contributed by atoms with Gasteiger partial charge in [0.2, 0.25) is 5.91 Å². The lowest BCUT2D eigenvalue weighted by Gasteiger charge is -2.34. The normalized spacial score (nSPS) is 21.9. The molecule has 1 saturated heterocycles. The van der Waals surface area contributed by atoms with E-state index >= 15 is 0 Å². The zero-order valence-electron chi connectivity index (χ0n) is 10.7. The molecule has 2 rings (SSSR count). The molecule has 0 aromatic carbocycles. The molecule has 0 aliphatic carbocycles. The predicted molar refractivity (Wildman–Crippen MR) is 72.5 cm³/mol. The minimum Gasteiger partial charge on any atom is -0.370 e. The molecule has 2 atom stereocenters. The molecule has 4 nitrogen and oxygen atoms in total. The molecule has 0 bridgehead atoms. The first-order valence-electron chi connectivity index (χ1n) is 6.40. The topological polar surface area (TPSA) is 55.6 Å². The van der Waals surface area contributed by atoms with Gasteiger partial charge < -0.3 is 15.4 Å². The Labute approximate surface area is 112 Å². The average Bonchev–Trinajstić information content (AvgIpc) is 2.92. The predicted octanol–water partition coefficient (Wildman–Crippen LogP) is 1.78. The zero-order valence-corrected chi connectivity index (χ0v) is 11.5. The molecular weight excluding hydrogens is 248 g/mol. The minimum absolute atomic E-state index is 0.00257. The second-order valence-corrected chi connectivity index (χ2v) is 5.38. The van der Waals surface area contributed by atoms with Crippen LogP contribution in [0, 0.1) is 0 Å². The van der Waals surface area contributed by atoms with E-state index in [1.165, 1.54) is 0 Å². The Bertz CT molecular complexity index is 380. The number of ether oxygens (including phenoxy) is 1. The maximum atomic E-state index is 12.2. The third-order valence-electron chi connectivity index (χ3n) is 3.21. The molecule has 2 unspecified atom stereocenters. The summed E-state index contributed by atoms with van der Waals surface area (Å²) >= 11 is 1.65. The Balaban J connectivity index is 1.96. The fraction of sp³-hybridized carbons (Fsp3) is 0.615. The van der Waals surface area contributed by atoms with Gasteiger partial charge in [0.1, 0.15) is 6.10 Å². The van der Waals surface area contributed by atoms with Gasteiger partial charge in [0.25, 0.3) is 0 Å². The van der Waals surface area contributed by atoms with E-state index in [1.54, 1.807) is 11.3 Å². The van der Waals surface area contributed by atoms with Crippen LogP contribution in [0.5, 0.6) is 0 Å². The summed E-state index contributed by atoms with van der Waals surface area (Å²) in [6.07, 6.45) is 1.69. The van der Waals surface area contributed by atoms with E-state index in [4.69, 9.17) is 10.5 Å². The highest BCUT2D eigenvalue weighted by Crippen LogP contribution is 2.24. The Morgan fingerprint density at radius 3 is 3.22 bits per heavy atom. The molecule has 1 fully saturated rings. The summed E-state index contributed by atoms with van der Waals surface area (Å²) in [6.45, 7) is 3.90. The van der Waals surface area contributed by atoms with Gasteiger partial charge in [-0.2, -0.15) is 11.3 Å². The third-order valence-corrected chi connectivity index (χ3v) is 3.91. The van der Waals surface area contributed by atoms with E-state index < -0.39 is 0 Å². The highest BCUT2D eigenvalue weighted by molar-refractivity contribution is 7.07. The molecule has 1 aliphatic heterocycles.